The number of aryl methyl sites for hydroxylation is 1. The Hall–Kier alpha value is -1.23. The molecule has 0 aromatic heterocycles. The Kier molecular flexibility index (Phi) is 4.81. The molecular weight excluding hydrogens is 218 g/mol. The smallest absolute Gasteiger partial charge is 0.159 e. The molecule has 0 aliphatic rings. The van der Waals surface area contributed by atoms with Crippen molar-refractivity contribution in [3.05, 3.63) is 34.9 Å². The molecule has 2 unspecified atom stereocenters. The van der Waals surface area contributed by atoms with E-state index in [1.165, 1.54) is 6.92 Å². The van der Waals surface area contributed by atoms with Gasteiger partial charge < -0.3 is 15.5 Å². The lowest BCUT2D eigenvalue weighted by Crippen LogP contribution is -2.30. The summed E-state index contributed by atoms with van der Waals surface area (Å²) in [6, 6.07) is 5.09. The Bertz CT molecular complexity index is 404. The van der Waals surface area contributed by atoms with E-state index in [-0.39, 0.29) is 5.78 Å². The lowest BCUT2D eigenvalue weighted by atomic mass is 9.96. The number of Topliss-reactive ketones (excluding diaryl/α,β-unsaturated/α-hetero) is 1. The predicted octanol–water partition coefficient (Wildman–Crippen LogP) is 0.811. The topological polar surface area (TPSA) is 69.6 Å². The second-order valence-corrected chi connectivity index (χ2v) is 4.20. The fraction of sp³-hybridized carbons (Fsp3) is 0.462. The Morgan fingerprint density at radius 2 is 2.06 bits per heavy atom. The van der Waals surface area contributed by atoms with Gasteiger partial charge in [0.1, 0.15) is 6.10 Å². The van der Waals surface area contributed by atoms with Crippen molar-refractivity contribution in [1.29, 1.82) is 0 Å². The highest BCUT2D eigenvalue weighted by Crippen LogP contribution is 2.22. The van der Waals surface area contributed by atoms with Gasteiger partial charge in [-0.05, 0) is 38.1 Å². The molecule has 0 amide bonds. The molecule has 0 heterocycles. The van der Waals surface area contributed by atoms with Crippen molar-refractivity contribution < 1.29 is 15.0 Å². The number of likely N-dealkylation sites (N-methyl/N-ethyl adjacent to an activating group) is 1. The summed E-state index contributed by atoms with van der Waals surface area (Å²) in [6.45, 7) is 3.63. The van der Waals surface area contributed by atoms with Gasteiger partial charge in [-0.2, -0.15) is 0 Å². The number of hydrogen-bond donors (Lipinski definition) is 3. The third-order valence-corrected chi connectivity index (χ3v) is 2.77. The van der Waals surface area contributed by atoms with Gasteiger partial charge in [-0.1, -0.05) is 12.1 Å². The Balaban J connectivity index is 2.95. The van der Waals surface area contributed by atoms with Crippen molar-refractivity contribution in [2.24, 2.45) is 0 Å². The van der Waals surface area contributed by atoms with E-state index in [1.807, 2.05) is 6.92 Å². The van der Waals surface area contributed by atoms with Gasteiger partial charge in [0.05, 0.1) is 6.10 Å². The molecule has 0 radical (unpaired) electrons. The molecule has 2 atom stereocenters. The summed E-state index contributed by atoms with van der Waals surface area (Å²) in [4.78, 5) is 11.2. The van der Waals surface area contributed by atoms with Crippen LogP contribution in [0.3, 0.4) is 0 Å². The average Bonchev–Trinajstić information content (AvgIpc) is 2.28. The summed E-state index contributed by atoms with van der Waals surface area (Å²) >= 11 is 0. The van der Waals surface area contributed by atoms with Gasteiger partial charge in [0.2, 0.25) is 0 Å². The van der Waals surface area contributed by atoms with E-state index in [1.54, 1.807) is 25.2 Å². The van der Waals surface area contributed by atoms with Gasteiger partial charge in [-0.25, -0.2) is 0 Å². The van der Waals surface area contributed by atoms with Gasteiger partial charge >= 0.3 is 0 Å². The summed E-state index contributed by atoms with van der Waals surface area (Å²) in [5, 5.41) is 22.5. The minimum absolute atomic E-state index is 0.00934. The van der Waals surface area contributed by atoms with Crippen LogP contribution < -0.4 is 5.32 Å². The maximum absolute atomic E-state index is 11.2. The number of aliphatic hydroxyl groups is 2. The maximum Gasteiger partial charge on any atom is 0.159 e. The molecule has 1 aromatic rings. The van der Waals surface area contributed by atoms with Crippen LogP contribution in [0.5, 0.6) is 0 Å². The fourth-order valence-corrected chi connectivity index (χ4v) is 1.75. The highest BCUT2D eigenvalue weighted by Gasteiger charge is 2.19. The van der Waals surface area contributed by atoms with Crippen LogP contribution in [0.2, 0.25) is 0 Å². The Morgan fingerprint density at radius 1 is 1.41 bits per heavy atom. The summed E-state index contributed by atoms with van der Waals surface area (Å²) < 4.78 is 0. The molecule has 1 rings (SSSR count). The SMILES string of the molecule is CNCC(O)C(O)c1ccc(C(C)=O)cc1C. The first-order chi connectivity index (χ1) is 7.97. The van der Waals surface area contributed by atoms with Crippen LogP contribution in [0.4, 0.5) is 0 Å². The molecule has 0 spiro atoms. The van der Waals surface area contributed by atoms with E-state index in [2.05, 4.69) is 5.32 Å². The minimum Gasteiger partial charge on any atom is -0.389 e. The quantitative estimate of drug-likeness (QED) is 0.663. The van der Waals surface area contributed by atoms with Crippen molar-refractivity contribution >= 4 is 5.78 Å². The molecule has 0 saturated heterocycles. The number of nitrogens with one attached hydrogen (secondary N) is 1. The van der Waals surface area contributed by atoms with Crippen molar-refractivity contribution in [1.82, 2.24) is 5.32 Å². The standard InChI is InChI=1S/C13H19NO3/c1-8-6-10(9(2)15)4-5-11(8)13(17)12(16)7-14-3/h4-6,12-14,16-17H,7H2,1-3H3. The third kappa shape index (κ3) is 3.36. The lowest BCUT2D eigenvalue weighted by molar-refractivity contribution is 0.0198. The molecule has 4 heteroatoms. The summed E-state index contributed by atoms with van der Waals surface area (Å²) in [5.74, 6) is -0.00934. The molecular formula is C13H19NO3. The monoisotopic (exact) mass is 237 g/mol. The van der Waals surface area contributed by atoms with Crippen LogP contribution in [0.1, 0.15) is 34.5 Å². The molecule has 0 fully saturated rings. The first kappa shape index (κ1) is 13.8. The van der Waals surface area contributed by atoms with Crippen LogP contribution >= 0.6 is 0 Å². The molecule has 1 aromatic carbocycles. The molecule has 0 aliphatic heterocycles. The largest absolute Gasteiger partial charge is 0.389 e. The van der Waals surface area contributed by atoms with E-state index in [0.717, 1.165) is 5.56 Å². The van der Waals surface area contributed by atoms with Crippen LogP contribution in [-0.2, 0) is 0 Å². The first-order valence-electron chi connectivity index (χ1n) is 5.59. The molecule has 94 valence electrons. The first-order valence-corrected chi connectivity index (χ1v) is 5.59. The second-order valence-electron chi connectivity index (χ2n) is 4.20. The fourth-order valence-electron chi connectivity index (χ4n) is 1.75. The van der Waals surface area contributed by atoms with E-state index >= 15 is 0 Å². The Labute approximate surface area is 101 Å². The number of rotatable bonds is 5. The van der Waals surface area contributed by atoms with Gasteiger partial charge in [-0.3, -0.25) is 4.79 Å². The van der Waals surface area contributed by atoms with Crippen molar-refractivity contribution in [2.45, 2.75) is 26.1 Å². The van der Waals surface area contributed by atoms with Crippen LogP contribution in [0, 0.1) is 6.92 Å². The zero-order valence-electron chi connectivity index (χ0n) is 10.4. The van der Waals surface area contributed by atoms with Crippen LogP contribution in [-0.4, -0.2) is 35.7 Å². The maximum atomic E-state index is 11.2. The second kappa shape index (κ2) is 5.91. The van der Waals surface area contributed by atoms with E-state index in [4.69, 9.17) is 0 Å². The summed E-state index contributed by atoms with van der Waals surface area (Å²) in [7, 11) is 1.71. The molecule has 3 N–H and O–H groups in total. The highest BCUT2D eigenvalue weighted by molar-refractivity contribution is 5.94. The normalized spacial score (nSPS) is 14.4. The van der Waals surface area contributed by atoms with E-state index in [9.17, 15) is 15.0 Å². The predicted molar refractivity (Wildman–Crippen MR) is 66.1 cm³/mol. The molecule has 0 aliphatic carbocycles. The van der Waals surface area contributed by atoms with Crippen LogP contribution in [0.25, 0.3) is 0 Å². The summed E-state index contributed by atoms with van der Waals surface area (Å²) in [5.41, 5.74) is 2.07. The highest BCUT2D eigenvalue weighted by atomic mass is 16.3. The van der Waals surface area contributed by atoms with Gasteiger partial charge in [0, 0.05) is 12.1 Å². The number of carbonyl (C=O) groups excluding carboxylic acids is 1. The molecule has 4 nitrogen and oxygen atoms in total. The van der Waals surface area contributed by atoms with E-state index < -0.39 is 12.2 Å². The van der Waals surface area contributed by atoms with Crippen LogP contribution in [0.15, 0.2) is 18.2 Å². The summed E-state index contributed by atoms with van der Waals surface area (Å²) in [6.07, 6.45) is -1.80. The zero-order chi connectivity index (χ0) is 13.0. The number of ketones is 1. The number of benzene rings is 1. The number of carbonyl (C=O) groups is 1. The average molecular weight is 237 g/mol. The van der Waals surface area contributed by atoms with Gasteiger partial charge in [-0.15, -0.1) is 0 Å². The van der Waals surface area contributed by atoms with E-state index in [0.29, 0.717) is 17.7 Å². The Morgan fingerprint density at radius 3 is 2.53 bits per heavy atom. The van der Waals surface area contributed by atoms with Crippen molar-refractivity contribution in [3.63, 3.8) is 0 Å². The van der Waals surface area contributed by atoms with Gasteiger partial charge in [0.25, 0.3) is 0 Å². The lowest BCUT2D eigenvalue weighted by Gasteiger charge is -2.20. The molecule has 0 bridgehead atoms. The number of hydrogen-bond acceptors (Lipinski definition) is 4. The molecule has 0 saturated carbocycles. The van der Waals surface area contributed by atoms with Gasteiger partial charge in [0.15, 0.2) is 5.78 Å². The van der Waals surface area contributed by atoms with Crippen molar-refractivity contribution in [3.8, 4) is 0 Å². The number of aliphatic hydroxyl groups excluding tert-OH is 2. The zero-order valence-corrected chi connectivity index (χ0v) is 10.4. The van der Waals surface area contributed by atoms with Crippen molar-refractivity contribution in [2.75, 3.05) is 13.6 Å². The third-order valence-electron chi connectivity index (χ3n) is 2.77. The molecule has 17 heavy (non-hydrogen) atoms. The minimum atomic E-state index is -0.941.